The molecular formula is C21H29NO5. The van der Waals surface area contributed by atoms with Crippen LogP contribution in [-0.4, -0.2) is 52.8 Å². The van der Waals surface area contributed by atoms with Gasteiger partial charge in [-0.1, -0.05) is 25.5 Å². The molecule has 27 heavy (non-hydrogen) atoms. The van der Waals surface area contributed by atoms with Gasteiger partial charge in [0.15, 0.2) is 0 Å². The molecule has 3 fully saturated rings. The molecule has 0 aromatic heterocycles. The minimum absolute atomic E-state index is 0.0775. The van der Waals surface area contributed by atoms with E-state index in [9.17, 15) is 14.7 Å². The standard InChI is InChI=1S/C21H29NO5/c1-3-11-26-21(25)19-17-14(18-16(12(2)23)20(24)22(18)19)9-6-10-15(17)27-13-7-4-5-8-13/h3,12-16,18,23H,1,4-11H2,2H3/t12?,14-,15-,16+,18?/m0/s1. The van der Waals surface area contributed by atoms with Crippen LogP contribution in [0.15, 0.2) is 23.9 Å². The lowest BCUT2D eigenvalue weighted by atomic mass is 9.71. The quantitative estimate of drug-likeness (QED) is 0.438. The van der Waals surface area contributed by atoms with Crippen molar-refractivity contribution in [3.05, 3.63) is 23.9 Å². The van der Waals surface area contributed by atoms with Crippen molar-refractivity contribution in [2.45, 2.75) is 76.2 Å². The molecule has 2 unspecified atom stereocenters. The van der Waals surface area contributed by atoms with Gasteiger partial charge >= 0.3 is 5.97 Å². The van der Waals surface area contributed by atoms with E-state index in [2.05, 4.69) is 6.58 Å². The van der Waals surface area contributed by atoms with Gasteiger partial charge in [-0.05, 0) is 44.6 Å². The summed E-state index contributed by atoms with van der Waals surface area (Å²) in [5.41, 5.74) is 1.31. The van der Waals surface area contributed by atoms with Gasteiger partial charge in [-0.15, -0.1) is 0 Å². The van der Waals surface area contributed by atoms with Gasteiger partial charge in [0.05, 0.1) is 30.3 Å². The van der Waals surface area contributed by atoms with E-state index in [1.165, 1.54) is 18.9 Å². The number of β-lactam (4-membered cyclic amide) rings is 1. The van der Waals surface area contributed by atoms with Gasteiger partial charge in [-0.25, -0.2) is 4.79 Å². The number of aliphatic hydroxyl groups is 1. The maximum Gasteiger partial charge on any atom is 0.355 e. The lowest BCUT2D eigenvalue weighted by molar-refractivity contribution is -0.164. The number of ether oxygens (including phenoxy) is 2. The van der Waals surface area contributed by atoms with Crippen molar-refractivity contribution in [2.24, 2.45) is 11.8 Å². The second kappa shape index (κ2) is 7.40. The first-order chi connectivity index (χ1) is 13.0. The molecule has 0 radical (unpaired) electrons. The minimum Gasteiger partial charge on any atom is -0.457 e. The Balaban J connectivity index is 1.67. The first-order valence-electron chi connectivity index (χ1n) is 10.2. The zero-order chi connectivity index (χ0) is 19.1. The summed E-state index contributed by atoms with van der Waals surface area (Å²) in [6.07, 6.45) is 8.19. The smallest absolute Gasteiger partial charge is 0.355 e. The average Bonchev–Trinajstić information content (AvgIpc) is 3.24. The van der Waals surface area contributed by atoms with E-state index in [-0.39, 0.29) is 36.7 Å². The maximum atomic E-state index is 12.8. The van der Waals surface area contributed by atoms with Crippen LogP contribution < -0.4 is 0 Å². The molecule has 2 heterocycles. The molecule has 4 aliphatic rings. The van der Waals surface area contributed by atoms with E-state index < -0.39 is 18.0 Å². The van der Waals surface area contributed by atoms with Gasteiger partial charge in [0.2, 0.25) is 5.91 Å². The first kappa shape index (κ1) is 18.7. The number of nitrogens with zero attached hydrogens (tertiary/aromatic N) is 1. The van der Waals surface area contributed by atoms with Crippen LogP contribution in [0.4, 0.5) is 0 Å². The van der Waals surface area contributed by atoms with Crippen LogP contribution >= 0.6 is 0 Å². The number of carbonyl (C=O) groups is 2. The van der Waals surface area contributed by atoms with Crippen molar-refractivity contribution in [1.29, 1.82) is 0 Å². The molecule has 5 atom stereocenters. The molecule has 2 aliphatic carbocycles. The highest BCUT2D eigenvalue weighted by molar-refractivity contribution is 6.01. The van der Waals surface area contributed by atoms with Gasteiger partial charge < -0.3 is 19.5 Å². The Morgan fingerprint density at radius 3 is 2.70 bits per heavy atom. The predicted molar refractivity (Wildman–Crippen MR) is 98.5 cm³/mol. The maximum absolute atomic E-state index is 12.8. The number of amides is 1. The van der Waals surface area contributed by atoms with E-state index in [1.807, 2.05) is 0 Å². The van der Waals surface area contributed by atoms with Crippen LogP contribution in [0.3, 0.4) is 0 Å². The monoisotopic (exact) mass is 375 g/mol. The zero-order valence-corrected chi connectivity index (χ0v) is 15.9. The molecular weight excluding hydrogens is 346 g/mol. The summed E-state index contributed by atoms with van der Waals surface area (Å²) >= 11 is 0. The average molecular weight is 375 g/mol. The topological polar surface area (TPSA) is 76.1 Å². The summed E-state index contributed by atoms with van der Waals surface area (Å²) in [7, 11) is 0. The van der Waals surface area contributed by atoms with E-state index in [4.69, 9.17) is 9.47 Å². The van der Waals surface area contributed by atoms with Crippen LogP contribution in [0.1, 0.15) is 51.9 Å². The highest BCUT2D eigenvalue weighted by Gasteiger charge is 2.62. The van der Waals surface area contributed by atoms with Crippen LogP contribution in [0.25, 0.3) is 0 Å². The van der Waals surface area contributed by atoms with Gasteiger partial charge in [-0.3, -0.25) is 4.79 Å². The fourth-order valence-electron chi connectivity index (χ4n) is 5.43. The largest absolute Gasteiger partial charge is 0.457 e. The number of hydrogen-bond acceptors (Lipinski definition) is 5. The molecule has 6 heteroatoms. The van der Waals surface area contributed by atoms with E-state index in [1.54, 1.807) is 11.8 Å². The van der Waals surface area contributed by atoms with Crippen molar-refractivity contribution < 1.29 is 24.2 Å². The molecule has 148 valence electrons. The Morgan fingerprint density at radius 1 is 1.30 bits per heavy atom. The Kier molecular flexibility index (Phi) is 5.12. The summed E-state index contributed by atoms with van der Waals surface area (Å²) in [5.74, 6) is -1.02. The van der Waals surface area contributed by atoms with Crippen LogP contribution in [-0.2, 0) is 19.1 Å². The SMILES string of the molecule is C=CCOC(=O)C1=C2[C@@H](OC3CCCC3)CCC[C@@H]2C2[C@@H](C(C)O)C(=O)N12. The number of esters is 1. The van der Waals surface area contributed by atoms with Crippen LogP contribution in [0.2, 0.25) is 0 Å². The Morgan fingerprint density at radius 2 is 2.04 bits per heavy atom. The van der Waals surface area contributed by atoms with Gasteiger partial charge in [0.1, 0.15) is 12.3 Å². The molecule has 1 N–H and O–H groups in total. The second-order valence-electron chi connectivity index (χ2n) is 8.22. The van der Waals surface area contributed by atoms with Crippen molar-refractivity contribution >= 4 is 11.9 Å². The number of carbonyl (C=O) groups excluding carboxylic acids is 2. The Labute approximate surface area is 160 Å². The highest BCUT2D eigenvalue weighted by Crippen LogP contribution is 2.53. The van der Waals surface area contributed by atoms with Gasteiger partial charge in [0.25, 0.3) is 0 Å². The molecule has 0 aromatic carbocycles. The normalized spacial score (nSPS) is 34.1. The fourth-order valence-corrected chi connectivity index (χ4v) is 5.43. The van der Waals surface area contributed by atoms with Gasteiger partial charge in [0, 0.05) is 5.92 Å². The molecule has 0 aromatic rings. The second-order valence-corrected chi connectivity index (χ2v) is 8.22. The minimum atomic E-state index is -0.723. The molecule has 0 bridgehead atoms. The summed E-state index contributed by atoms with van der Waals surface area (Å²) in [6.45, 7) is 5.36. The number of rotatable bonds is 6. The third kappa shape index (κ3) is 3.03. The third-order valence-electron chi connectivity index (χ3n) is 6.55. The van der Waals surface area contributed by atoms with Crippen molar-refractivity contribution in [2.75, 3.05) is 6.61 Å². The lowest BCUT2D eigenvalue weighted by Crippen LogP contribution is -2.64. The molecule has 1 amide bonds. The van der Waals surface area contributed by atoms with E-state index in [0.717, 1.165) is 37.7 Å². The van der Waals surface area contributed by atoms with E-state index >= 15 is 0 Å². The molecule has 0 spiro atoms. The number of hydrogen-bond donors (Lipinski definition) is 1. The molecule has 1 saturated heterocycles. The summed E-state index contributed by atoms with van der Waals surface area (Å²) in [6, 6.07) is -0.145. The first-order valence-corrected chi connectivity index (χ1v) is 10.2. The van der Waals surface area contributed by atoms with E-state index in [0.29, 0.717) is 5.70 Å². The molecule has 4 rings (SSSR count). The Bertz CT molecular complexity index is 663. The van der Waals surface area contributed by atoms with Crippen molar-refractivity contribution in [3.63, 3.8) is 0 Å². The lowest BCUT2D eigenvalue weighted by Gasteiger charge is -2.47. The molecule has 2 saturated carbocycles. The zero-order valence-electron chi connectivity index (χ0n) is 15.9. The van der Waals surface area contributed by atoms with Crippen LogP contribution in [0, 0.1) is 11.8 Å². The highest BCUT2D eigenvalue weighted by atomic mass is 16.5. The van der Waals surface area contributed by atoms with Gasteiger partial charge in [-0.2, -0.15) is 0 Å². The third-order valence-corrected chi connectivity index (χ3v) is 6.55. The van der Waals surface area contributed by atoms with Crippen LogP contribution in [0.5, 0.6) is 0 Å². The molecule has 6 nitrogen and oxygen atoms in total. The fraction of sp³-hybridized carbons (Fsp3) is 0.714. The summed E-state index contributed by atoms with van der Waals surface area (Å²) in [4.78, 5) is 27.1. The van der Waals surface area contributed by atoms with Crippen molar-refractivity contribution in [3.8, 4) is 0 Å². The van der Waals surface area contributed by atoms with Crippen molar-refractivity contribution in [1.82, 2.24) is 4.90 Å². The number of aliphatic hydroxyl groups excluding tert-OH is 1. The summed E-state index contributed by atoms with van der Waals surface area (Å²) in [5, 5.41) is 10.1. The predicted octanol–water partition coefficient (Wildman–Crippen LogP) is 2.32. The molecule has 2 aliphatic heterocycles. The summed E-state index contributed by atoms with van der Waals surface area (Å²) < 4.78 is 11.7. The number of fused-ring (bicyclic) bond motifs is 3. The Hall–Kier alpha value is -1.66.